The molecule has 1 aromatic heterocycles. The lowest BCUT2D eigenvalue weighted by atomic mass is 9.83. The van der Waals surface area contributed by atoms with Gasteiger partial charge in [0, 0.05) is 12.0 Å². The van der Waals surface area contributed by atoms with Crippen LogP contribution in [0, 0.1) is 0 Å². The Hall–Kier alpha value is -1.08. The van der Waals surface area contributed by atoms with E-state index in [1.807, 2.05) is 27.7 Å². The van der Waals surface area contributed by atoms with Crippen LogP contribution in [0.2, 0.25) is 0 Å². The number of aromatic nitrogens is 1. The van der Waals surface area contributed by atoms with Gasteiger partial charge in [-0.25, -0.2) is 4.98 Å². The molecule has 0 unspecified atom stereocenters. The fraction of sp³-hybridized carbons (Fsp3) is 0.615. The van der Waals surface area contributed by atoms with Gasteiger partial charge < -0.3 is 9.31 Å². The van der Waals surface area contributed by atoms with Gasteiger partial charge in [-0.15, -0.1) is 0 Å². The van der Waals surface area contributed by atoms with Crippen LogP contribution < -0.4 is 0 Å². The minimum atomic E-state index is -4.44. The topological polar surface area (TPSA) is 31.4 Å². The first-order chi connectivity index (χ1) is 9.01. The molecule has 0 N–H and O–H groups in total. The summed E-state index contributed by atoms with van der Waals surface area (Å²) in [5.41, 5.74) is -1.59. The molecule has 0 aromatic carbocycles. The minimum absolute atomic E-state index is 0.191. The van der Waals surface area contributed by atoms with Crippen LogP contribution in [0.5, 0.6) is 0 Å². The van der Waals surface area contributed by atoms with E-state index in [4.69, 9.17) is 9.31 Å². The zero-order valence-electron chi connectivity index (χ0n) is 11.9. The van der Waals surface area contributed by atoms with Crippen molar-refractivity contribution in [3.63, 3.8) is 0 Å². The zero-order chi connectivity index (χ0) is 15.2. The maximum Gasteiger partial charge on any atom is 0.464 e. The van der Waals surface area contributed by atoms with E-state index < -0.39 is 30.2 Å². The van der Waals surface area contributed by atoms with Gasteiger partial charge in [0.1, 0.15) is 5.69 Å². The predicted octanol–water partition coefficient (Wildman–Crippen LogP) is 3.27. The third kappa shape index (κ3) is 2.98. The van der Waals surface area contributed by atoms with E-state index in [9.17, 15) is 13.2 Å². The Bertz CT molecular complexity index is 487. The summed E-state index contributed by atoms with van der Waals surface area (Å²) in [5, 5.41) is 0. The number of hydrogen-bond donors (Lipinski definition) is 0. The molecular formula is C13H17BF3NO2. The maximum atomic E-state index is 12.6. The highest BCUT2D eigenvalue weighted by molar-refractivity contribution is 6.44. The molecule has 7 heteroatoms. The second-order valence-electron chi connectivity index (χ2n) is 5.90. The molecule has 0 atom stereocenters. The van der Waals surface area contributed by atoms with E-state index >= 15 is 0 Å². The molecule has 1 aliphatic heterocycles. The van der Waals surface area contributed by atoms with Crippen LogP contribution in [-0.4, -0.2) is 23.3 Å². The van der Waals surface area contributed by atoms with E-state index in [2.05, 4.69) is 4.98 Å². The van der Waals surface area contributed by atoms with E-state index in [0.717, 1.165) is 6.07 Å². The summed E-state index contributed by atoms with van der Waals surface area (Å²) in [4.78, 5) is 3.62. The van der Waals surface area contributed by atoms with Crippen molar-refractivity contribution in [2.24, 2.45) is 0 Å². The van der Waals surface area contributed by atoms with Crippen molar-refractivity contribution in [3.8, 4) is 0 Å². The van der Waals surface area contributed by atoms with Crippen molar-refractivity contribution in [2.75, 3.05) is 0 Å². The molecule has 20 heavy (non-hydrogen) atoms. The Morgan fingerprint density at radius 1 is 1.10 bits per heavy atom. The normalized spacial score (nSPS) is 21.2. The first kappa shape index (κ1) is 15.3. The zero-order valence-corrected chi connectivity index (χ0v) is 11.9. The van der Waals surface area contributed by atoms with Crippen molar-refractivity contribution in [3.05, 3.63) is 29.6 Å². The highest BCUT2D eigenvalue weighted by Crippen LogP contribution is 2.37. The summed E-state index contributed by atoms with van der Waals surface area (Å²) in [5.74, 6) is 0. The van der Waals surface area contributed by atoms with Gasteiger partial charge in [-0.05, 0) is 39.8 Å². The molecule has 1 fully saturated rings. The lowest BCUT2D eigenvalue weighted by Gasteiger charge is -2.32. The molecule has 0 spiro atoms. The van der Waals surface area contributed by atoms with E-state index in [-0.39, 0.29) is 6.32 Å². The van der Waals surface area contributed by atoms with Gasteiger partial charge in [-0.3, -0.25) is 0 Å². The Morgan fingerprint density at radius 3 is 2.15 bits per heavy atom. The lowest BCUT2D eigenvalue weighted by molar-refractivity contribution is -0.141. The number of rotatable bonds is 2. The van der Waals surface area contributed by atoms with Gasteiger partial charge in [-0.1, -0.05) is 6.07 Å². The Balaban J connectivity index is 2.13. The van der Waals surface area contributed by atoms with Crippen molar-refractivity contribution in [1.29, 1.82) is 0 Å². The second kappa shape index (κ2) is 4.74. The average molecular weight is 287 g/mol. The number of pyridine rings is 1. The van der Waals surface area contributed by atoms with Gasteiger partial charge in [0.15, 0.2) is 0 Å². The van der Waals surface area contributed by atoms with Gasteiger partial charge in [0.05, 0.1) is 11.2 Å². The van der Waals surface area contributed by atoms with Crippen molar-refractivity contribution >= 4 is 7.12 Å². The highest BCUT2D eigenvalue weighted by Gasteiger charge is 2.51. The summed E-state index contributed by atoms with van der Waals surface area (Å²) < 4.78 is 49.3. The van der Waals surface area contributed by atoms with E-state index in [1.165, 1.54) is 6.07 Å². The SMILES string of the molecule is CC1(C)OB(Cc2cccc(C(F)(F)F)n2)OC1(C)C. The first-order valence-corrected chi connectivity index (χ1v) is 6.40. The largest absolute Gasteiger partial charge is 0.464 e. The molecule has 1 saturated heterocycles. The standard InChI is InChI=1S/C13H17BF3NO2/c1-11(2)12(3,4)20-14(19-11)8-9-6-5-7-10(18-9)13(15,16)17/h5-7H,8H2,1-4H3. The number of hydrogen-bond acceptors (Lipinski definition) is 3. The summed E-state index contributed by atoms with van der Waals surface area (Å²) in [7, 11) is -0.587. The van der Waals surface area contributed by atoms with Crippen molar-refractivity contribution in [1.82, 2.24) is 4.98 Å². The number of halogens is 3. The lowest BCUT2D eigenvalue weighted by Crippen LogP contribution is -2.41. The highest BCUT2D eigenvalue weighted by atomic mass is 19.4. The van der Waals surface area contributed by atoms with Gasteiger partial charge in [0.25, 0.3) is 0 Å². The fourth-order valence-electron chi connectivity index (χ4n) is 1.97. The molecule has 1 aliphatic rings. The Kier molecular flexibility index (Phi) is 3.63. The molecule has 0 bridgehead atoms. The van der Waals surface area contributed by atoms with Crippen LogP contribution in [0.25, 0.3) is 0 Å². The fourth-order valence-corrected chi connectivity index (χ4v) is 1.97. The van der Waals surface area contributed by atoms with Gasteiger partial charge in [-0.2, -0.15) is 13.2 Å². The number of alkyl halides is 3. The van der Waals surface area contributed by atoms with Gasteiger partial charge in [0.2, 0.25) is 0 Å². The molecule has 0 saturated carbocycles. The van der Waals surface area contributed by atoms with Crippen LogP contribution in [0.1, 0.15) is 39.1 Å². The van der Waals surface area contributed by atoms with Crippen LogP contribution in [0.3, 0.4) is 0 Å². The van der Waals surface area contributed by atoms with Crippen LogP contribution in [0.15, 0.2) is 18.2 Å². The summed E-state index contributed by atoms with van der Waals surface area (Å²) >= 11 is 0. The Labute approximate surface area is 116 Å². The summed E-state index contributed by atoms with van der Waals surface area (Å²) in [6.45, 7) is 7.58. The third-order valence-corrected chi connectivity index (χ3v) is 3.78. The monoisotopic (exact) mass is 287 g/mol. The molecule has 3 nitrogen and oxygen atoms in total. The first-order valence-electron chi connectivity index (χ1n) is 6.40. The summed E-state index contributed by atoms with van der Waals surface area (Å²) in [6, 6.07) is 3.84. The molecule has 2 rings (SSSR count). The second-order valence-corrected chi connectivity index (χ2v) is 5.90. The third-order valence-electron chi connectivity index (χ3n) is 3.78. The minimum Gasteiger partial charge on any atom is -0.403 e. The quantitative estimate of drug-likeness (QED) is 0.782. The Morgan fingerprint density at radius 2 is 1.65 bits per heavy atom. The summed E-state index contributed by atoms with van der Waals surface area (Å²) in [6.07, 6.45) is -4.25. The molecule has 0 amide bonds. The molecule has 1 aromatic rings. The average Bonchev–Trinajstić information content (AvgIpc) is 2.46. The molecule has 0 radical (unpaired) electrons. The van der Waals surface area contributed by atoms with Crippen molar-refractivity contribution < 1.29 is 22.5 Å². The van der Waals surface area contributed by atoms with Crippen LogP contribution in [-0.2, 0) is 21.8 Å². The maximum absolute atomic E-state index is 12.6. The van der Waals surface area contributed by atoms with Crippen molar-refractivity contribution in [2.45, 2.75) is 51.4 Å². The van der Waals surface area contributed by atoms with E-state index in [0.29, 0.717) is 5.69 Å². The molecule has 2 heterocycles. The molecule has 0 aliphatic carbocycles. The predicted molar refractivity (Wildman–Crippen MR) is 69.0 cm³/mol. The van der Waals surface area contributed by atoms with Crippen LogP contribution >= 0.6 is 0 Å². The molecule has 110 valence electrons. The van der Waals surface area contributed by atoms with Crippen LogP contribution in [0.4, 0.5) is 13.2 Å². The molecular weight excluding hydrogens is 270 g/mol. The van der Waals surface area contributed by atoms with Gasteiger partial charge >= 0.3 is 13.3 Å². The smallest absolute Gasteiger partial charge is 0.403 e. The number of nitrogens with zero attached hydrogens (tertiary/aromatic N) is 1. The van der Waals surface area contributed by atoms with E-state index in [1.54, 1.807) is 6.07 Å².